The lowest BCUT2D eigenvalue weighted by Crippen LogP contribution is -3.00. The van der Waals surface area contributed by atoms with Crippen LogP contribution in [-0.4, -0.2) is 29.9 Å². The molecule has 1 aromatic heterocycles. The topological polar surface area (TPSA) is 44.3 Å². The van der Waals surface area contributed by atoms with E-state index in [2.05, 4.69) is 0 Å². The summed E-state index contributed by atoms with van der Waals surface area (Å²) in [5.74, 6) is -0.247. The summed E-state index contributed by atoms with van der Waals surface area (Å²) < 4.78 is 13.9. The van der Waals surface area contributed by atoms with Crippen molar-refractivity contribution in [3.8, 4) is 0 Å². The molecule has 0 amide bonds. The number of halogens is 1. The van der Waals surface area contributed by atoms with Crippen LogP contribution in [-0.2, 0) is 27.9 Å². The van der Waals surface area contributed by atoms with Crippen molar-refractivity contribution in [3.05, 3.63) is 18.7 Å². The molecule has 5 nitrogen and oxygen atoms in total. The molecule has 0 saturated carbocycles. The Morgan fingerprint density at radius 1 is 1.41 bits per heavy atom. The number of aromatic nitrogens is 2. The molecule has 0 atom stereocenters. The summed E-state index contributed by atoms with van der Waals surface area (Å²) in [5.41, 5.74) is 0. The van der Waals surface area contributed by atoms with Crippen molar-refractivity contribution >= 4 is 5.97 Å². The van der Waals surface area contributed by atoms with E-state index in [1.807, 2.05) is 44.2 Å². The molecule has 0 aliphatic heterocycles. The van der Waals surface area contributed by atoms with Crippen molar-refractivity contribution in [2.24, 2.45) is 7.05 Å². The summed E-state index contributed by atoms with van der Waals surface area (Å²) in [5, 5.41) is 0. The smallest absolute Gasteiger partial charge is 0.348 e. The Morgan fingerprint density at radius 2 is 2.12 bits per heavy atom. The second-order valence-corrected chi connectivity index (χ2v) is 3.89. The molecule has 1 heterocycles. The molecule has 0 saturated heterocycles. The molecule has 98 valence electrons. The number of esters is 1. The molecule has 0 aromatic carbocycles. The Bertz CT molecular complexity index is 339. The van der Waals surface area contributed by atoms with E-state index in [-0.39, 0.29) is 35.6 Å². The quantitative estimate of drug-likeness (QED) is 0.326. The van der Waals surface area contributed by atoms with Crippen molar-refractivity contribution in [1.29, 1.82) is 0 Å². The number of rotatable bonds is 6. The predicted molar refractivity (Wildman–Crippen MR) is 57.7 cm³/mol. The summed E-state index contributed by atoms with van der Waals surface area (Å²) in [4.78, 5) is 11.4. The first kappa shape index (κ1) is 16.1. The molecule has 1 aromatic rings. The Kier molecular flexibility index (Phi) is 7.82. The van der Waals surface area contributed by atoms with Crippen LogP contribution in [0.2, 0.25) is 0 Å². The minimum Gasteiger partial charge on any atom is -1.00 e. The van der Waals surface area contributed by atoms with E-state index in [4.69, 9.17) is 9.47 Å². The summed E-state index contributed by atoms with van der Waals surface area (Å²) in [6.07, 6.45) is 5.69. The fraction of sp³-hybridized carbons (Fsp3) is 0.636. The van der Waals surface area contributed by atoms with Gasteiger partial charge < -0.3 is 26.5 Å². The third-order valence-corrected chi connectivity index (χ3v) is 1.93. The summed E-state index contributed by atoms with van der Waals surface area (Å²) >= 11 is 0. The fourth-order valence-electron chi connectivity index (χ4n) is 1.23. The Morgan fingerprint density at radius 3 is 2.65 bits per heavy atom. The van der Waals surface area contributed by atoms with Gasteiger partial charge in [-0.15, -0.1) is 0 Å². The van der Waals surface area contributed by atoms with E-state index in [0.29, 0.717) is 13.2 Å². The molecule has 0 aliphatic rings. The molecule has 1 rings (SSSR count). The molecule has 0 aliphatic carbocycles. The molecule has 0 fully saturated rings. The lowest BCUT2D eigenvalue weighted by atomic mass is 10.5. The second kappa shape index (κ2) is 8.25. The summed E-state index contributed by atoms with van der Waals surface area (Å²) in [7, 11) is 1.90. The number of carbonyl (C=O) groups excluding carboxylic acids is 1. The van der Waals surface area contributed by atoms with Crippen molar-refractivity contribution in [2.75, 3.05) is 13.2 Å². The second-order valence-electron chi connectivity index (χ2n) is 3.89. The molecule has 6 heteroatoms. The van der Waals surface area contributed by atoms with Crippen LogP contribution in [0.15, 0.2) is 18.7 Å². The maximum absolute atomic E-state index is 11.4. The van der Waals surface area contributed by atoms with E-state index < -0.39 is 0 Å². The number of hydrogen-bond donors (Lipinski definition) is 0. The van der Waals surface area contributed by atoms with Crippen molar-refractivity contribution in [1.82, 2.24) is 4.57 Å². The van der Waals surface area contributed by atoms with Crippen LogP contribution in [0.4, 0.5) is 0 Å². The number of imidazole rings is 1. The Balaban J connectivity index is 0.00000256. The van der Waals surface area contributed by atoms with Crippen LogP contribution in [0.25, 0.3) is 0 Å². The largest absolute Gasteiger partial charge is 1.00 e. The van der Waals surface area contributed by atoms with Crippen LogP contribution >= 0.6 is 0 Å². The summed E-state index contributed by atoms with van der Waals surface area (Å²) in [6.45, 7) is 4.89. The number of ether oxygens (including phenoxy) is 2. The van der Waals surface area contributed by atoms with Gasteiger partial charge in [-0.25, -0.2) is 13.9 Å². The van der Waals surface area contributed by atoms with Gasteiger partial charge in [0.05, 0.1) is 19.8 Å². The normalized spacial score (nSPS) is 10.1. The van der Waals surface area contributed by atoms with Gasteiger partial charge in [0.1, 0.15) is 19.0 Å². The van der Waals surface area contributed by atoms with Gasteiger partial charge in [0.25, 0.3) is 0 Å². The number of hydrogen-bond acceptors (Lipinski definition) is 3. The van der Waals surface area contributed by atoms with Gasteiger partial charge in [-0.05, 0) is 13.8 Å². The number of nitrogens with zero attached hydrogens (tertiary/aromatic N) is 2. The lowest BCUT2D eigenvalue weighted by molar-refractivity contribution is -0.671. The molecule has 0 unspecified atom stereocenters. The maximum Gasteiger partial charge on any atom is 0.348 e. The highest BCUT2D eigenvalue weighted by atomic mass is 79.9. The Labute approximate surface area is 112 Å². The van der Waals surface area contributed by atoms with E-state index in [9.17, 15) is 4.79 Å². The summed E-state index contributed by atoms with van der Waals surface area (Å²) in [6, 6.07) is 0. The molecular formula is C11H19BrN2O3. The average molecular weight is 307 g/mol. The van der Waals surface area contributed by atoms with Gasteiger partial charge in [-0.3, -0.25) is 0 Å². The molecule has 17 heavy (non-hydrogen) atoms. The average Bonchev–Trinajstić information content (AvgIpc) is 2.58. The molecule has 0 radical (unpaired) electrons. The van der Waals surface area contributed by atoms with Gasteiger partial charge in [-0.1, -0.05) is 0 Å². The third kappa shape index (κ3) is 7.12. The van der Waals surface area contributed by atoms with Crippen LogP contribution < -0.4 is 21.5 Å². The zero-order valence-corrected chi connectivity index (χ0v) is 12.0. The molecule has 0 N–H and O–H groups in total. The predicted octanol–water partition coefficient (Wildman–Crippen LogP) is -2.72. The van der Waals surface area contributed by atoms with E-state index in [1.54, 1.807) is 4.57 Å². The minimum absolute atomic E-state index is 0. The highest BCUT2D eigenvalue weighted by molar-refractivity contribution is 5.69. The first-order valence-corrected chi connectivity index (χ1v) is 5.36. The minimum atomic E-state index is -0.247. The lowest BCUT2D eigenvalue weighted by Gasteiger charge is -2.07. The van der Waals surface area contributed by atoms with Crippen LogP contribution in [0.3, 0.4) is 0 Å². The first-order chi connectivity index (χ1) is 7.58. The molecular weight excluding hydrogens is 288 g/mol. The van der Waals surface area contributed by atoms with Crippen molar-refractivity contribution in [2.45, 2.75) is 26.5 Å². The van der Waals surface area contributed by atoms with Crippen LogP contribution in [0.5, 0.6) is 0 Å². The van der Waals surface area contributed by atoms with E-state index in [1.165, 1.54) is 0 Å². The highest BCUT2D eigenvalue weighted by Gasteiger charge is 2.08. The van der Waals surface area contributed by atoms with Gasteiger partial charge in [0.15, 0.2) is 6.54 Å². The number of aryl methyl sites for hydroxylation is 1. The van der Waals surface area contributed by atoms with E-state index in [0.717, 1.165) is 0 Å². The zero-order valence-electron chi connectivity index (χ0n) is 10.4. The van der Waals surface area contributed by atoms with Gasteiger partial charge >= 0.3 is 5.97 Å². The number of carbonyl (C=O) groups is 1. The molecule has 0 bridgehead atoms. The van der Waals surface area contributed by atoms with Crippen LogP contribution in [0, 0.1) is 0 Å². The van der Waals surface area contributed by atoms with Crippen molar-refractivity contribution in [3.63, 3.8) is 0 Å². The van der Waals surface area contributed by atoms with E-state index >= 15 is 0 Å². The SMILES string of the molecule is CC(C)OCCOC(=O)Cn1cc[n+](C)c1.[Br-]. The van der Waals surface area contributed by atoms with Gasteiger partial charge in [0.2, 0.25) is 6.33 Å². The monoisotopic (exact) mass is 306 g/mol. The van der Waals surface area contributed by atoms with Crippen LogP contribution in [0.1, 0.15) is 13.8 Å². The van der Waals surface area contributed by atoms with Gasteiger partial charge in [0, 0.05) is 0 Å². The molecule has 0 spiro atoms. The van der Waals surface area contributed by atoms with Crippen molar-refractivity contribution < 1.29 is 35.8 Å². The first-order valence-electron chi connectivity index (χ1n) is 5.36. The zero-order chi connectivity index (χ0) is 12.0. The fourth-order valence-corrected chi connectivity index (χ4v) is 1.23. The standard InChI is InChI=1S/C11H19N2O3.BrH/c1-10(2)15-6-7-16-11(14)8-13-5-4-12(3)9-13;/h4-5,9-10H,6-8H2,1-3H3;1H/q+1;/p-1. The maximum atomic E-state index is 11.4. The Hall–Kier alpha value is -0.880. The third-order valence-electron chi connectivity index (χ3n) is 1.93. The highest BCUT2D eigenvalue weighted by Crippen LogP contribution is 1.90. The van der Waals surface area contributed by atoms with Gasteiger partial charge in [-0.2, -0.15) is 0 Å².